The number of hydrogen-bond donors (Lipinski definition) is 0. The number of ether oxygens (including phenoxy) is 1. The normalized spacial score (nSPS) is 11.9. The monoisotopic (exact) mass is 302 g/mol. The van der Waals surface area contributed by atoms with E-state index in [1.165, 1.54) is 0 Å². The van der Waals surface area contributed by atoms with Crippen molar-refractivity contribution >= 4 is 24.0 Å². The van der Waals surface area contributed by atoms with Gasteiger partial charge >= 0.3 is 64.7 Å². The van der Waals surface area contributed by atoms with Crippen LogP contribution in [-0.2, 0) is 0 Å². The number of halogens is 7. The van der Waals surface area contributed by atoms with E-state index in [4.69, 9.17) is 11.6 Å². The van der Waals surface area contributed by atoms with Crippen LogP contribution in [0.5, 0.6) is 5.75 Å². The largest absolute Gasteiger partial charge is 1.00 e. The predicted molar refractivity (Wildman–Crippen MR) is 46.8 cm³/mol. The standard InChI is InChI=1S/C7H3BClF6O.K/c9-4-1-2-6(16-7(10,11)12)5(3-4)8(13,14)15;/h1-3H;/q-1;+1. The molecule has 0 saturated heterocycles. The van der Waals surface area contributed by atoms with Gasteiger partial charge in [-0.1, -0.05) is 23.1 Å². The number of rotatable bonds is 2. The van der Waals surface area contributed by atoms with Crippen molar-refractivity contribution in [1.29, 1.82) is 0 Å². The van der Waals surface area contributed by atoms with Gasteiger partial charge in [0.1, 0.15) is 5.75 Å². The maximum Gasteiger partial charge on any atom is 1.00 e. The van der Waals surface area contributed by atoms with E-state index in [0.717, 1.165) is 6.07 Å². The van der Waals surface area contributed by atoms with E-state index in [-0.39, 0.29) is 56.4 Å². The SMILES string of the molecule is F[B-](F)(F)c1cc(Cl)ccc1OC(F)(F)F.[K+]. The summed E-state index contributed by atoms with van der Waals surface area (Å²) in [5, 5.41) is -0.316. The Labute approximate surface area is 140 Å². The van der Waals surface area contributed by atoms with Crippen LogP contribution in [0.3, 0.4) is 0 Å². The van der Waals surface area contributed by atoms with Gasteiger partial charge in [-0.3, -0.25) is 0 Å². The van der Waals surface area contributed by atoms with E-state index in [0.29, 0.717) is 12.1 Å². The van der Waals surface area contributed by atoms with E-state index in [1.54, 1.807) is 0 Å². The second-order valence-corrected chi connectivity index (χ2v) is 3.24. The van der Waals surface area contributed by atoms with Crippen LogP contribution < -0.4 is 61.6 Å². The Morgan fingerprint density at radius 1 is 1.12 bits per heavy atom. The first-order valence-electron chi connectivity index (χ1n) is 3.85. The van der Waals surface area contributed by atoms with Gasteiger partial charge in [0.25, 0.3) is 0 Å². The van der Waals surface area contributed by atoms with Crippen molar-refractivity contribution < 1.29 is 82.2 Å². The molecule has 0 N–H and O–H groups in total. The van der Waals surface area contributed by atoms with E-state index in [9.17, 15) is 26.1 Å². The van der Waals surface area contributed by atoms with Crippen LogP contribution in [-0.4, -0.2) is 13.3 Å². The van der Waals surface area contributed by atoms with Crippen molar-refractivity contribution in [2.75, 3.05) is 0 Å². The van der Waals surface area contributed by atoms with Gasteiger partial charge in [-0.25, -0.2) is 0 Å². The zero-order valence-corrected chi connectivity index (χ0v) is 12.2. The van der Waals surface area contributed by atoms with Crippen LogP contribution in [0.15, 0.2) is 18.2 Å². The minimum absolute atomic E-state index is 0. The van der Waals surface area contributed by atoms with Crippen LogP contribution in [0.4, 0.5) is 26.1 Å². The Morgan fingerprint density at radius 3 is 2.06 bits per heavy atom. The third-order valence-electron chi connectivity index (χ3n) is 1.55. The summed E-state index contributed by atoms with van der Waals surface area (Å²) in [5.41, 5.74) is -1.51. The van der Waals surface area contributed by atoms with Crippen LogP contribution in [0.1, 0.15) is 0 Å². The maximum absolute atomic E-state index is 12.4. The molecule has 1 aromatic carbocycles. The smallest absolute Gasteiger partial charge is 0.445 e. The molecule has 0 unspecified atom stereocenters. The molecule has 1 aromatic rings. The van der Waals surface area contributed by atoms with E-state index in [1.807, 2.05) is 0 Å². The van der Waals surface area contributed by atoms with Gasteiger partial charge in [-0.15, -0.1) is 13.2 Å². The molecule has 0 aliphatic carbocycles. The summed E-state index contributed by atoms with van der Waals surface area (Å²) in [6, 6.07) is 1.80. The first kappa shape index (κ1) is 17.6. The molecule has 0 fully saturated rings. The van der Waals surface area contributed by atoms with Gasteiger partial charge in [-0.2, -0.15) is 0 Å². The van der Waals surface area contributed by atoms with Gasteiger partial charge in [0.05, 0.1) is 0 Å². The van der Waals surface area contributed by atoms with E-state index >= 15 is 0 Å². The Balaban J connectivity index is 0.00000256. The Hall–Kier alpha value is 0.591. The van der Waals surface area contributed by atoms with Crippen molar-refractivity contribution in [3.63, 3.8) is 0 Å². The predicted octanol–water partition coefficient (Wildman–Crippen LogP) is 0.297. The third kappa shape index (κ3) is 5.84. The Kier molecular flexibility index (Phi) is 6.37. The van der Waals surface area contributed by atoms with Gasteiger partial charge in [0, 0.05) is 5.02 Å². The summed E-state index contributed by atoms with van der Waals surface area (Å²) in [6.45, 7) is -5.62. The fourth-order valence-corrected chi connectivity index (χ4v) is 1.17. The molecule has 1 nitrogen and oxygen atoms in total. The summed E-state index contributed by atoms with van der Waals surface area (Å²) in [6.07, 6.45) is -5.18. The van der Waals surface area contributed by atoms with Crippen molar-refractivity contribution in [2.45, 2.75) is 6.36 Å². The van der Waals surface area contributed by atoms with Crippen molar-refractivity contribution in [3.8, 4) is 5.75 Å². The van der Waals surface area contributed by atoms with Crippen molar-refractivity contribution in [3.05, 3.63) is 23.2 Å². The molecular formula is C7H3BClF6KO. The molecule has 90 valence electrons. The average Bonchev–Trinajstić information content (AvgIpc) is 2.04. The van der Waals surface area contributed by atoms with E-state index < -0.39 is 24.6 Å². The minimum atomic E-state index is -5.62. The molecule has 0 aliphatic rings. The van der Waals surface area contributed by atoms with Gasteiger partial charge in [-0.05, 0) is 12.1 Å². The molecule has 0 aromatic heterocycles. The number of hydrogen-bond acceptors (Lipinski definition) is 1. The van der Waals surface area contributed by atoms with Gasteiger partial charge in [0.2, 0.25) is 0 Å². The summed E-state index contributed by atoms with van der Waals surface area (Å²) < 4.78 is 75.7. The van der Waals surface area contributed by atoms with Crippen molar-refractivity contribution in [2.24, 2.45) is 0 Å². The molecule has 10 heteroatoms. The zero-order valence-electron chi connectivity index (χ0n) is 8.36. The molecular weight excluding hydrogens is 299 g/mol. The van der Waals surface area contributed by atoms with Crippen molar-refractivity contribution in [1.82, 2.24) is 0 Å². The molecule has 0 bridgehead atoms. The topological polar surface area (TPSA) is 9.23 Å². The fourth-order valence-electron chi connectivity index (χ4n) is 0.993. The quantitative estimate of drug-likeness (QED) is 0.564. The summed E-state index contributed by atoms with van der Waals surface area (Å²) >= 11 is 5.27. The molecule has 0 spiro atoms. The number of alkyl halides is 3. The van der Waals surface area contributed by atoms with Crippen LogP contribution in [0.2, 0.25) is 5.02 Å². The summed E-state index contributed by atoms with van der Waals surface area (Å²) in [5.74, 6) is -1.30. The van der Waals surface area contributed by atoms with Crippen LogP contribution >= 0.6 is 11.6 Å². The molecule has 0 radical (unpaired) electrons. The molecule has 0 amide bonds. The Morgan fingerprint density at radius 2 is 1.65 bits per heavy atom. The minimum Gasteiger partial charge on any atom is -0.445 e. The summed E-state index contributed by atoms with van der Waals surface area (Å²) in [4.78, 5) is 0. The molecule has 1 rings (SSSR count). The molecule has 0 heterocycles. The zero-order chi connectivity index (χ0) is 12.6. The fraction of sp³-hybridized carbons (Fsp3) is 0.143. The molecule has 17 heavy (non-hydrogen) atoms. The summed E-state index contributed by atoms with van der Waals surface area (Å²) in [7, 11) is 0. The maximum atomic E-state index is 12.4. The van der Waals surface area contributed by atoms with Crippen LogP contribution in [0, 0.1) is 0 Å². The Bertz CT molecular complexity index is 393. The van der Waals surface area contributed by atoms with Gasteiger partial charge in [0.15, 0.2) is 0 Å². The molecule has 0 aliphatic heterocycles. The van der Waals surface area contributed by atoms with Gasteiger partial charge < -0.3 is 17.7 Å². The third-order valence-corrected chi connectivity index (χ3v) is 1.79. The first-order chi connectivity index (χ1) is 7.09. The second-order valence-electron chi connectivity index (χ2n) is 2.80. The van der Waals surface area contributed by atoms with E-state index in [2.05, 4.69) is 4.74 Å². The second kappa shape index (κ2) is 6.16. The molecule has 0 atom stereocenters. The van der Waals surface area contributed by atoms with Crippen LogP contribution in [0.25, 0.3) is 0 Å². The number of benzene rings is 1. The average molecular weight is 302 g/mol. The molecule has 0 saturated carbocycles. The first-order valence-corrected chi connectivity index (χ1v) is 4.22.